The lowest BCUT2D eigenvalue weighted by atomic mass is 9.72. The number of benzene rings is 2. The minimum atomic E-state index is -0.700. The zero-order chi connectivity index (χ0) is 22.0. The quantitative estimate of drug-likeness (QED) is 0.596. The van der Waals surface area contributed by atoms with Gasteiger partial charge in [0.2, 0.25) is 5.91 Å². The van der Waals surface area contributed by atoms with Crippen LogP contribution in [0, 0.1) is 0 Å². The normalized spacial score (nSPS) is 21.0. The summed E-state index contributed by atoms with van der Waals surface area (Å²) in [5, 5.41) is 4.06. The predicted molar refractivity (Wildman–Crippen MR) is 119 cm³/mol. The van der Waals surface area contributed by atoms with Crippen molar-refractivity contribution in [3.8, 4) is 0 Å². The number of amides is 1. The summed E-state index contributed by atoms with van der Waals surface area (Å²) in [5.41, 5.74) is 7.28. The summed E-state index contributed by atoms with van der Waals surface area (Å²) >= 11 is 1.59. The van der Waals surface area contributed by atoms with Crippen molar-refractivity contribution in [2.45, 2.75) is 41.1 Å². The van der Waals surface area contributed by atoms with Crippen LogP contribution < -0.4 is 5.73 Å². The number of ether oxygens (including phenoxy) is 1. The van der Waals surface area contributed by atoms with E-state index in [0.29, 0.717) is 30.6 Å². The van der Waals surface area contributed by atoms with Gasteiger partial charge in [0.1, 0.15) is 0 Å². The van der Waals surface area contributed by atoms with Crippen molar-refractivity contribution < 1.29 is 14.3 Å². The molecule has 1 fully saturated rings. The molecular formula is C24H25N3O3S. The summed E-state index contributed by atoms with van der Waals surface area (Å²) in [5.74, 6) is -0.355. The number of nitrogens with zero attached hydrogens (tertiary/aromatic N) is 2. The molecule has 7 heteroatoms. The Morgan fingerprint density at radius 3 is 2.58 bits per heavy atom. The summed E-state index contributed by atoms with van der Waals surface area (Å²) in [7, 11) is 1.79. The second-order valence-electron chi connectivity index (χ2n) is 7.97. The van der Waals surface area contributed by atoms with Gasteiger partial charge in [-0.1, -0.05) is 23.9 Å². The SMILES string of the molecule is C[C@H]1C[C@@](C(N)=O)(c2cccc(Sc3ccc(C(=O)c4cnn(C)c4)cc3)c2)CCO1. The van der Waals surface area contributed by atoms with Crippen LogP contribution >= 0.6 is 11.8 Å². The lowest BCUT2D eigenvalue weighted by Crippen LogP contribution is -2.47. The molecule has 160 valence electrons. The van der Waals surface area contributed by atoms with Gasteiger partial charge in [-0.2, -0.15) is 5.10 Å². The summed E-state index contributed by atoms with van der Waals surface area (Å²) in [4.78, 5) is 27.0. The summed E-state index contributed by atoms with van der Waals surface area (Å²) < 4.78 is 7.26. The lowest BCUT2D eigenvalue weighted by Gasteiger charge is -2.38. The van der Waals surface area contributed by atoms with E-state index in [2.05, 4.69) is 5.10 Å². The fraction of sp³-hybridized carbons (Fsp3) is 0.292. The molecule has 0 spiro atoms. The number of carbonyl (C=O) groups excluding carboxylic acids is 2. The molecule has 2 aromatic carbocycles. The maximum absolute atomic E-state index is 12.6. The van der Waals surface area contributed by atoms with E-state index in [9.17, 15) is 9.59 Å². The number of primary amides is 1. The van der Waals surface area contributed by atoms with Crippen LogP contribution in [-0.4, -0.2) is 34.2 Å². The number of rotatable bonds is 6. The zero-order valence-corrected chi connectivity index (χ0v) is 18.4. The van der Waals surface area contributed by atoms with Crippen molar-refractivity contribution in [1.82, 2.24) is 9.78 Å². The van der Waals surface area contributed by atoms with Crippen LogP contribution in [0.2, 0.25) is 0 Å². The molecule has 0 aliphatic carbocycles. The largest absolute Gasteiger partial charge is 0.378 e. The molecule has 1 aromatic heterocycles. The Labute approximate surface area is 185 Å². The standard InChI is InChI=1S/C24H25N3O3S/c1-16-13-24(23(25)29,10-11-30-16)19-4-3-5-21(12-19)31-20-8-6-17(7-9-20)22(28)18-14-26-27(2)15-18/h3-9,12,14-16H,10-11,13H2,1-2H3,(H2,25,29)/t16-,24+/m0/s1. The predicted octanol–water partition coefficient (Wildman–Crippen LogP) is 3.72. The molecule has 6 nitrogen and oxygen atoms in total. The van der Waals surface area contributed by atoms with E-state index in [1.54, 1.807) is 35.9 Å². The van der Waals surface area contributed by atoms with E-state index in [1.807, 2.05) is 55.5 Å². The highest BCUT2D eigenvalue weighted by Crippen LogP contribution is 2.39. The monoisotopic (exact) mass is 435 g/mol. The van der Waals surface area contributed by atoms with Crippen LogP contribution in [0.3, 0.4) is 0 Å². The van der Waals surface area contributed by atoms with Gasteiger partial charge in [-0.25, -0.2) is 0 Å². The van der Waals surface area contributed by atoms with Crippen LogP contribution in [0.5, 0.6) is 0 Å². The van der Waals surface area contributed by atoms with Crippen LogP contribution in [0.15, 0.2) is 70.7 Å². The number of nitrogens with two attached hydrogens (primary N) is 1. The van der Waals surface area contributed by atoms with Crippen molar-refractivity contribution in [1.29, 1.82) is 0 Å². The number of aryl methyl sites for hydroxylation is 1. The summed E-state index contributed by atoms with van der Waals surface area (Å²) in [6.07, 6.45) is 4.44. The third-order valence-electron chi connectivity index (χ3n) is 5.74. The smallest absolute Gasteiger partial charge is 0.228 e. The highest BCUT2D eigenvalue weighted by molar-refractivity contribution is 7.99. The molecule has 1 aliphatic heterocycles. The number of hydrogen-bond acceptors (Lipinski definition) is 5. The molecule has 4 rings (SSSR count). The Balaban J connectivity index is 1.54. The Kier molecular flexibility index (Phi) is 5.98. The molecule has 0 bridgehead atoms. The number of carbonyl (C=O) groups is 2. The molecule has 0 unspecified atom stereocenters. The third-order valence-corrected chi connectivity index (χ3v) is 6.74. The van der Waals surface area contributed by atoms with E-state index in [1.165, 1.54) is 0 Å². The van der Waals surface area contributed by atoms with E-state index in [4.69, 9.17) is 10.5 Å². The van der Waals surface area contributed by atoms with Crippen LogP contribution in [0.4, 0.5) is 0 Å². The Bertz CT molecular complexity index is 1110. The molecule has 1 saturated heterocycles. The Hall–Kier alpha value is -2.90. The highest BCUT2D eigenvalue weighted by Gasteiger charge is 2.42. The Morgan fingerprint density at radius 2 is 1.94 bits per heavy atom. The van der Waals surface area contributed by atoms with Crippen LogP contribution in [-0.2, 0) is 22.0 Å². The van der Waals surface area contributed by atoms with Gasteiger partial charge in [0.05, 0.1) is 23.3 Å². The molecular weight excluding hydrogens is 410 g/mol. The Morgan fingerprint density at radius 1 is 1.16 bits per heavy atom. The topological polar surface area (TPSA) is 87.2 Å². The van der Waals surface area contributed by atoms with E-state index >= 15 is 0 Å². The zero-order valence-electron chi connectivity index (χ0n) is 17.6. The second kappa shape index (κ2) is 8.69. The molecule has 2 N–H and O–H groups in total. The van der Waals surface area contributed by atoms with Gasteiger partial charge < -0.3 is 10.5 Å². The second-order valence-corrected chi connectivity index (χ2v) is 9.11. The number of aromatic nitrogens is 2. The van der Waals surface area contributed by atoms with Crippen LogP contribution in [0.1, 0.15) is 41.3 Å². The van der Waals surface area contributed by atoms with Crippen LogP contribution in [0.25, 0.3) is 0 Å². The third kappa shape index (κ3) is 4.43. The molecule has 31 heavy (non-hydrogen) atoms. The van der Waals surface area contributed by atoms with Crippen molar-refractivity contribution in [3.63, 3.8) is 0 Å². The molecule has 0 radical (unpaired) electrons. The van der Waals surface area contributed by atoms with Gasteiger partial charge >= 0.3 is 0 Å². The molecule has 2 atom stereocenters. The summed E-state index contributed by atoms with van der Waals surface area (Å²) in [6, 6.07) is 15.5. The van der Waals surface area contributed by atoms with Gasteiger partial charge in [-0.05, 0) is 61.7 Å². The van der Waals surface area contributed by atoms with Gasteiger partial charge in [0.15, 0.2) is 5.78 Å². The van der Waals surface area contributed by atoms with Gasteiger partial charge in [0, 0.05) is 35.2 Å². The highest BCUT2D eigenvalue weighted by atomic mass is 32.2. The molecule has 1 aliphatic rings. The first-order valence-electron chi connectivity index (χ1n) is 10.2. The first-order valence-corrected chi connectivity index (χ1v) is 11.0. The van der Waals surface area contributed by atoms with Crippen molar-refractivity contribution >= 4 is 23.5 Å². The van der Waals surface area contributed by atoms with Gasteiger partial charge in [-0.3, -0.25) is 14.3 Å². The maximum Gasteiger partial charge on any atom is 0.228 e. The van der Waals surface area contributed by atoms with E-state index in [-0.39, 0.29) is 17.8 Å². The van der Waals surface area contributed by atoms with Gasteiger partial charge in [0.25, 0.3) is 0 Å². The van der Waals surface area contributed by atoms with Crippen molar-refractivity contribution in [3.05, 3.63) is 77.6 Å². The number of ketones is 1. The first-order chi connectivity index (χ1) is 14.9. The summed E-state index contributed by atoms with van der Waals surface area (Å²) in [6.45, 7) is 2.50. The van der Waals surface area contributed by atoms with Crippen molar-refractivity contribution in [2.75, 3.05) is 6.61 Å². The number of hydrogen-bond donors (Lipinski definition) is 1. The molecule has 1 amide bonds. The first kappa shape index (κ1) is 21.3. The fourth-order valence-electron chi connectivity index (χ4n) is 4.09. The van der Waals surface area contributed by atoms with E-state index in [0.717, 1.165) is 15.4 Å². The maximum atomic E-state index is 12.6. The minimum Gasteiger partial charge on any atom is -0.378 e. The van der Waals surface area contributed by atoms with E-state index < -0.39 is 5.41 Å². The fourth-order valence-corrected chi connectivity index (χ4v) is 4.96. The minimum absolute atomic E-state index is 0.0116. The average molecular weight is 436 g/mol. The van der Waals surface area contributed by atoms with Crippen molar-refractivity contribution in [2.24, 2.45) is 12.8 Å². The van der Waals surface area contributed by atoms with Gasteiger partial charge in [-0.15, -0.1) is 0 Å². The molecule has 2 heterocycles. The lowest BCUT2D eigenvalue weighted by molar-refractivity contribution is -0.129. The molecule has 3 aromatic rings. The molecule has 0 saturated carbocycles. The average Bonchev–Trinajstić information content (AvgIpc) is 3.20.